The molecule has 4 nitrogen and oxygen atoms in total. The number of aliphatic hydroxyl groups excluding tert-OH is 1. The van der Waals surface area contributed by atoms with Crippen molar-refractivity contribution in [1.29, 1.82) is 0 Å². The van der Waals surface area contributed by atoms with Crippen LogP contribution in [-0.2, 0) is 0 Å². The van der Waals surface area contributed by atoms with E-state index in [1.165, 1.54) is 12.3 Å². The zero-order chi connectivity index (χ0) is 12.8. The lowest BCUT2D eigenvalue weighted by Crippen LogP contribution is -2.30. The molecule has 1 aromatic heterocycles. The van der Waals surface area contributed by atoms with Crippen molar-refractivity contribution in [2.24, 2.45) is 5.73 Å². The first-order valence-corrected chi connectivity index (χ1v) is 5.72. The number of likely N-dealkylation sites (N-methyl/N-ethyl adjacent to an activating group) is 1. The minimum atomic E-state index is -0.354. The fourth-order valence-electron chi connectivity index (χ4n) is 1.66. The molecule has 1 heterocycles. The van der Waals surface area contributed by atoms with Crippen LogP contribution in [-0.4, -0.2) is 41.2 Å². The lowest BCUT2D eigenvalue weighted by molar-refractivity contribution is 0.139. The van der Waals surface area contributed by atoms with Crippen LogP contribution in [0.5, 0.6) is 0 Å². The maximum Gasteiger partial charge on any atom is 0.141 e. The molecular formula is C12H20FN3O. The Labute approximate surface area is 101 Å². The highest BCUT2D eigenvalue weighted by Gasteiger charge is 2.10. The van der Waals surface area contributed by atoms with Crippen LogP contribution in [0.3, 0.4) is 0 Å². The molecule has 2 atom stereocenters. The summed E-state index contributed by atoms with van der Waals surface area (Å²) in [6.07, 6.45) is 1.55. The van der Waals surface area contributed by atoms with Crippen molar-refractivity contribution in [2.45, 2.75) is 25.5 Å². The molecule has 0 saturated heterocycles. The van der Waals surface area contributed by atoms with Gasteiger partial charge in [-0.05, 0) is 39.1 Å². The Morgan fingerprint density at radius 3 is 2.76 bits per heavy atom. The van der Waals surface area contributed by atoms with Crippen LogP contribution < -0.4 is 5.73 Å². The van der Waals surface area contributed by atoms with Crippen LogP contribution in [0.15, 0.2) is 18.3 Å². The number of hydrogen-bond donors (Lipinski definition) is 2. The second kappa shape index (κ2) is 6.64. The van der Waals surface area contributed by atoms with Gasteiger partial charge in [-0.2, -0.15) is 0 Å². The predicted molar refractivity (Wildman–Crippen MR) is 64.9 cm³/mol. The summed E-state index contributed by atoms with van der Waals surface area (Å²) in [6, 6.07) is 2.77. The van der Waals surface area contributed by atoms with Crippen molar-refractivity contribution in [1.82, 2.24) is 9.88 Å². The molecule has 1 aromatic rings. The van der Waals surface area contributed by atoms with Gasteiger partial charge in [0.15, 0.2) is 0 Å². The number of rotatable bonds is 6. The SMILES string of the molecule is CC(O)CN(C)CCC(N)c1ccc(F)cn1. The van der Waals surface area contributed by atoms with Crippen LogP contribution in [0.1, 0.15) is 25.1 Å². The van der Waals surface area contributed by atoms with Crippen molar-refractivity contribution in [3.05, 3.63) is 29.8 Å². The highest BCUT2D eigenvalue weighted by molar-refractivity contribution is 5.09. The van der Waals surface area contributed by atoms with Crippen LogP contribution in [0.25, 0.3) is 0 Å². The average Bonchev–Trinajstić information content (AvgIpc) is 2.26. The molecule has 0 aliphatic rings. The van der Waals surface area contributed by atoms with E-state index in [4.69, 9.17) is 5.73 Å². The number of aliphatic hydroxyl groups is 1. The minimum Gasteiger partial charge on any atom is -0.392 e. The van der Waals surface area contributed by atoms with Crippen molar-refractivity contribution >= 4 is 0 Å². The molecule has 0 spiro atoms. The lowest BCUT2D eigenvalue weighted by Gasteiger charge is -2.20. The van der Waals surface area contributed by atoms with Gasteiger partial charge >= 0.3 is 0 Å². The lowest BCUT2D eigenvalue weighted by atomic mass is 10.1. The second-order valence-corrected chi connectivity index (χ2v) is 4.41. The molecular weight excluding hydrogens is 221 g/mol. The third-order valence-corrected chi connectivity index (χ3v) is 2.53. The highest BCUT2D eigenvalue weighted by atomic mass is 19.1. The monoisotopic (exact) mass is 241 g/mol. The van der Waals surface area contributed by atoms with E-state index in [-0.39, 0.29) is 18.0 Å². The summed E-state index contributed by atoms with van der Waals surface area (Å²) < 4.78 is 12.7. The standard InChI is InChI=1S/C12H20FN3O/c1-9(17)8-16(2)6-5-11(14)12-4-3-10(13)7-15-12/h3-4,7,9,11,17H,5-6,8,14H2,1-2H3. The van der Waals surface area contributed by atoms with E-state index >= 15 is 0 Å². The second-order valence-electron chi connectivity index (χ2n) is 4.41. The number of halogens is 1. The van der Waals surface area contributed by atoms with Gasteiger partial charge in [0.1, 0.15) is 5.82 Å². The molecule has 0 bridgehead atoms. The van der Waals surface area contributed by atoms with Crippen LogP contribution in [0, 0.1) is 5.82 Å². The van der Waals surface area contributed by atoms with Gasteiger partial charge in [0.25, 0.3) is 0 Å². The molecule has 96 valence electrons. The van der Waals surface area contributed by atoms with Crippen molar-refractivity contribution in [3.63, 3.8) is 0 Å². The summed E-state index contributed by atoms with van der Waals surface area (Å²) in [7, 11) is 1.93. The normalized spacial score (nSPS) is 14.9. The number of hydrogen-bond acceptors (Lipinski definition) is 4. The number of pyridine rings is 1. The van der Waals surface area contributed by atoms with Gasteiger partial charge in [0.05, 0.1) is 18.0 Å². The molecule has 0 radical (unpaired) electrons. The van der Waals surface area contributed by atoms with E-state index < -0.39 is 0 Å². The third-order valence-electron chi connectivity index (χ3n) is 2.53. The van der Waals surface area contributed by atoms with Crippen molar-refractivity contribution in [2.75, 3.05) is 20.1 Å². The molecule has 1 rings (SSSR count). The Hall–Kier alpha value is -1.04. The van der Waals surface area contributed by atoms with E-state index in [9.17, 15) is 9.50 Å². The largest absolute Gasteiger partial charge is 0.392 e. The molecule has 0 aromatic carbocycles. The smallest absolute Gasteiger partial charge is 0.141 e. The zero-order valence-corrected chi connectivity index (χ0v) is 10.3. The molecule has 0 aliphatic heterocycles. The van der Waals surface area contributed by atoms with Gasteiger partial charge < -0.3 is 15.7 Å². The fraction of sp³-hybridized carbons (Fsp3) is 0.583. The molecule has 0 aliphatic carbocycles. The summed E-state index contributed by atoms with van der Waals surface area (Å²) in [5, 5.41) is 9.21. The van der Waals surface area contributed by atoms with Gasteiger partial charge in [-0.1, -0.05) is 0 Å². The first kappa shape index (κ1) is 14.0. The predicted octanol–water partition coefficient (Wildman–Crippen LogP) is 0.923. The van der Waals surface area contributed by atoms with E-state index in [0.717, 1.165) is 13.0 Å². The Bertz CT molecular complexity index is 329. The van der Waals surface area contributed by atoms with E-state index in [1.54, 1.807) is 13.0 Å². The van der Waals surface area contributed by atoms with E-state index in [2.05, 4.69) is 4.98 Å². The number of nitrogens with zero attached hydrogens (tertiary/aromatic N) is 2. The molecule has 0 amide bonds. The van der Waals surface area contributed by atoms with Gasteiger partial charge in [-0.15, -0.1) is 0 Å². The molecule has 2 unspecified atom stereocenters. The third kappa shape index (κ3) is 5.21. The van der Waals surface area contributed by atoms with Crippen LogP contribution in [0.2, 0.25) is 0 Å². The minimum absolute atomic E-state index is 0.202. The van der Waals surface area contributed by atoms with Crippen molar-refractivity contribution < 1.29 is 9.50 Å². The topological polar surface area (TPSA) is 62.4 Å². The first-order valence-electron chi connectivity index (χ1n) is 5.72. The Morgan fingerprint density at radius 2 is 2.24 bits per heavy atom. The van der Waals surface area contributed by atoms with Crippen LogP contribution in [0.4, 0.5) is 4.39 Å². The first-order chi connectivity index (χ1) is 7.99. The Kier molecular flexibility index (Phi) is 5.47. The summed E-state index contributed by atoms with van der Waals surface area (Å²) in [6.45, 7) is 3.13. The summed E-state index contributed by atoms with van der Waals surface area (Å²) in [4.78, 5) is 5.96. The zero-order valence-electron chi connectivity index (χ0n) is 10.3. The maximum absolute atomic E-state index is 12.7. The molecule has 5 heteroatoms. The van der Waals surface area contributed by atoms with Crippen LogP contribution >= 0.6 is 0 Å². The molecule has 0 fully saturated rings. The number of aromatic nitrogens is 1. The van der Waals surface area contributed by atoms with Gasteiger partial charge in [0.2, 0.25) is 0 Å². The summed E-state index contributed by atoms with van der Waals surface area (Å²) in [5.41, 5.74) is 6.64. The summed E-state index contributed by atoms with van der Waals surface area (Å²) >= 11 is 0. The van der Waals surface area contributed by atoms with Crippen molar-refractivity contribution in [3.8, 4) is 0 Å². The van der Waals surface area contributed by atoms with E-state index in [1.807, 2.05) is 11.9 Å². The summed E-state index contributed by atoms with van der Waals surface area (Å²) in [5.74, 6) is -0.354. The van der Waals surface area contributed by atoms with Gasteiger partial charge in [0, 0.05) is 12.6 Å². The van der Waals surface area contributed by atoms with Gasteiger partial charge in [-0.3, -0.25) is 4.98 Å². The number of nitrogens with two attached hydrogens (primary N) is 1. The average molecular weight is 241 g/mol. The van der Waals surface area contributed by atoms with Gasteiger partial charge in [-0.25, -0.2) is 4.39 Å². The maximum atomic E-state index is 12.7. The Balaban J connectivity index is 2.39. The molecule has 17 heavy (non-hydrogen) atoms. The molecule has 3 N–H and O–H groups in total. The quantitative estimate of drug-likeness (QED) is 0.777. The molecule has 0 saturated carbocycles. The van der Waals surface area contributed by atoms with E-state index in [0.29, 0.717) is 12.2 Å². The fourth-order valence-corrected chi connectivity index (χ4v) is 1.66. The highest BCUT2D eigenvalue weighted by Crippen LogP contribution is 2.11. The Morgan fingerprint density at radius 1 is 1.53 bits per heavy atom.